The van der Waals surface area contributed by atoms with Crippen molar-refractivity contribution in [1.29, 1.82) is 0 Å². The van der Waals surface area contributed by atoms with Gasteiger partial charge in [0.1, 0.15) is 11.6 Å². The maximum atomic E-state index is 14.9. The number of fused-ring (bicyclic) bond motifs is 3. The zero-order chi connectivity index (χ0) is 23.8. The van der Waals surface area contributed by atoms with Gasteiger partial charge in [-0.1, -0.05) is 60.7 Å². The molecule has 3 aliphatic rings. The predicted molar refractivity (Wildman–Crippen MR) is 132 cm³/mol. The smallest absolute Gasteiger partial charge is 0.167 e. The summed E-state index contributed by atoms with van der Waals surface area (Å²) in [6.45, 7) is 0.257. The first-order valence-corrected chi connectivity index (χ1v) is 12.2. The highest BCUT2D eigenvalue weighted by molar-refractivity contribution is 5.83. The molecule has 6 heteroatoms. The minimum absolute atomic E-state index is 0.257. The van der Waals surface area contributed by atoms with Gasteiger partial charge in [-0.3, -0.25) is 4.57 Å². The second kappa shape index (κ2) is 7.26. The number of benzene rings is 3. The summed E-state index contributed by atoms with van der Waals surface area (Å²) in [5.41, 5.74) is 10.6. The number of rotatable bonds is 4. The van der Waals surface area contributed by atoms with Gasteiger partial charge in [0.05, 0.1) is 22.6 Å². The molecule has 2 aliphatic carbocycles. The molecule has 1 aliphatic heterocycles. The Balaban J connectivity index is 1.32. The maximum Gasteiger partial charge on any atom is 0.167 e. The molecule has 176 valence electrons. The summed E-state index contributed by atoms with van der Waals surface area (Å²) in [6, 6.07) is 23.0. The normalized spacial score (nSPS) is 24.8. The Kier molecular flexibility index (Phi) is 4.33. The lowest BCUT2D eigenvalue weighted by Gasteiger charge is -2.52. The molecule has 0 atom stereocenters. The minimum Gasteiger partial charge on any atom is -0.472 e. The van der Waals surface area contributed by atoms with Crippen LogP contribution in [0.15, 0.2) is 72.8 Å². The molecule has 2 fully saturated rings. The zero-order valence-electron chi connectivity index (χ0n) is 19.2. The molecular weight excluding hydrogens is 441 g/mol. The predicted octanol–water partition coefficient (Wildman–Crippen LogP) is 5.46. The summed E-state index contributed by atoms with van der Waals surface area (Å²) in [4.78, 5) is 4.95. The monoisotopic (exact) mass is 467 g/mol. The standard InChI is InChI=1S/C29H26FN3O2/c30-22-7-4-8-23-24(22)27-32-25(26(33(27)17-35-23)19-5-2-1-3-6-19)18-9-11-20(12-10-18)28(31)15-29(34,16-28)21-13-14-21/h1-12,21,34H,13-17,31H2/t28-,29-. The molecule has 0 radical (unpaired) electrons. The highest BCUT2D eigenvalue weighted by Gasteiger charge is 2.58. The van der Waals surface area contributed by atoms with Crippen LogP contribution in [0.5, 0.6) is 5.75 Å². The fourth-order valence-electron chi connectivity index (χ4n) is 5.95. The van der Waals surface area contributed by atoms with Crippen LogP contribution in [0.25, 0.3) is 33.9 Å². The van der Waals surface area contributed by atoms with E-state index in [-0.39, 0.29) is 12.5 Å². The lowest BCUT2D eigenvalue weighted by atomic mass is 9.60. The highest BCUT2D eigenvalue weighted by atomic mass is 19.1. The largest absolute Gasteiger partial charge is 0.472 e. The first kappa shape index (κ1) is 20.9. The fourth-order valence-corrected chi connectivity index (χ4v) is 5.95. The van der Waals surface area contributed by atoms with Crippen molar-refractivity contribution in [2.24, 2.45) is 11.7 Å². The van der Waals surface area contributed by atoms with Gasteiger partial charge in [-0.2, -0.15) is 0 Å². The molecule has 0 unspecified atom stereocenters. The first-order chi connectivity index (χ1) is 17.0. The number of nitrogens with two attached hydrogens (primary N) is 1. The number of imidazole rings is 1. The molecule has 5 nitrogen and oxygen atoms in total. The van der Waals surface area contributed by atoms with Crippen molar-refractivity contribution in [3.63, 3.8) is 0 Å². The van der Waals surface area contributed by atoms with Gasteiger partial charge in [-0.15, -0.1) is 0 Å². The van der Waals surface area contributed by atoms with Crippen molar-refractivity contribution in [3.05, 3.63) is 84.2 Å². The van der Waals surface area contributed by atoms with Gasteiger partial charge < -0.3 is 15.6 Å². The molecule has 3 aromatic carbocycles. The molecule has 0 saturated heterocycles. The number of aromatic nitrogens is 2. The van der Waals surface area contributed by atoms with E-state index in [1.165, 1.54) is 6.07 Å². The molecule has 2 saturated carbocycles. The minimum atomic E-state index is -0.603. The highest BCUT2D eigenvalue weighted by Crippen LogP contribution is 2.57. The lowest BCUT2D eigenvalue weighted by molar-refractivity contribution is -0.106. The van der Waals surface area contributed by atoms with E-state index >= 15 is 0 Å². The Hall–Kier alpha value is -3.48. The van der Waals surface area contributed by atoms with Crippen LogP contribution in [0.4, 0.5) is 4.39 Å². The van der Waals surface area contributed by atoms with Gasteiger partial charge in [0.25, 0.3) is 0 Å². The third-order valence-electron chi connectivity index (χ3n) is 7.88. The third kappa shape index (κ3) is 3.17. The molecule has 2 heterocycles. The van der Waals surface area contributed by atoms with Crippen LogP contribution in [-0.2, 0) is 12.3 Å². The van der Waals surface area contributed by atoms with Crippen molar-refractivity contribution in [3.8, 4) is 39.7 Å². The topological polar surface area (TPSA) is 73.3 Å². The van der Waals surface area contributed by atoms with Gasteiger partial charge in [0.15, 0.2) is 12.6 Å². The molecule has 35 heavy (non-hydrogen) atoms. The molecule has 4 aromatic rings. The van der Waals surface area contributed by atoms with E-state index in [1.54, 1.807) is 12.1 Å². The number of hydrogen-bond acceptors (Lipinski definition) is 4. The molecule has 3 N–H and O–H groups in total. The van der Waals surface area contributed by atoms with E-state index in [0.29, 0.717) is 35.9 Å². The van der Waals surface area contributed by atoms with E-state index in [1.807, 2.05) is 59.2 Å². The summed E-state index contributed by atoms with van der Waals surface area (Å²) in [6.07, 6.45) is 3.41. The maximum absolute atomic E-state index is 14.9. The number of nitrogens with zero attached hydrogens (tertiary/aromatic N) is 2. The van der Waals surface area contributed by atoms with Gasteiger partial charge in [0, 0.05) is 16.7 Å². The molecule has 0 bridgehead atoms. The fraction of sp³-hybridized carbons (Fsp3) is 0.276. The van der Waals surface area contributed by atoms with Crippen molar-refractivity contribution in [2.75, 3.05) is 0 Å². The Morgan fingerprint density at radius 1 is 0.943 bits per heavy atom. The Labute approximate surface area is 203 Å². The van der Waals surface area contributed by atoms with Crippen LogP contribution < -0.4 is 10.5 Å². The van der Waals surface area contributed by atoms with Crippen LogP contribution in [-0.4, -0.2) is 20.3 Å². The summed E-state index contributed by atoms with van der Waals surface area (Å²) in [5.74, 6) is 1.12. The van der Waals surface area contributed by atoms with Crippen LogP contribution in [0.1, 0.15) is 31.2 Å². The average molecular weight is 468 g/mol. The van der Waals surface area contributed by atoms with Gasteiger partial charge >= 0.3 is 0 Å². The number of ether oxygens (including phenoxy) is 1. The average Bonchev–Trinajstić information content (AvgIpc) is 3.64. The molecule has 0 amide bonds. The molecular formula is C29H26FN3O2. The Bertz CT molecular complexity index is 1440. The Morgan fingerprint density at radius 3 is 2.40 bits per heavy atom. The van der Waals surface area contributed by atoms with E-state index in [2.05, 4.69) is 0 Å². The molecule has 7 rings (SSSR count). The van der Waals surface area contributed by atoms with Crippen molar-refractivity contribution >= 4 is 0 Å². The van der Waals surface area contributed by atoms with Crippen molar-refractivity contribution in [2.45, 2.75) is 43.6 Å². The van der Waals surface area contributed by atoms with Gasteiger partial charge in [-0.05, 0) is 49.3 Å². The van der Waals surface area contributed by atoms with E-state index in [9.17, 15) is 9.50 Å². The summed E-state index contributed by atoms with van der Waals surface area (Å²) in [5, 5.41) is 10.8. The van der Waals surface area contributed by atoms with Crippen LogP contribution >= 0.6 is 0 Å². The second-order valence-corrected chi connectivity index (χ2v) is 10.3. The van der Waals surface area contributed by atoms with Crippen LogP contribution in [0.2, 0.25) is 0 Å². The quantitative estimate of drug-likeness (QED) is 0.418. The number of halogens is 1. The van der Waals surface area contributed by atoms with Crippen LogP contribution in [0, 0.1) is 11.7 Å². The number of aliphatic hydroxyl groups is 1. The van der Waals surface area contributed by atoms with Gasteiger partial charge in [0.2, 0.25) is 0 Å². The summed E-state index contributed by atoms with van der Waals surface area (Å²) >= 11 is 0. The van der Waals surface area contributed by atoms with E-state index < -0.39 is 11.1 Å². The van der Waals surface area contributed by atoms with E-state index in [0.717, 1.165) is 40.9 Å². The first-order valence-electron chi connectivity index (χ1n) is 12.2. The Morgan fingerprint density at radius 2 is 1.69 bits per heavy atom. The lowest BCUT2D eigenvalue weighted by Crippen LogP contribution is -2.60. The van der Waals surface area contributed by atoms with Crippen molar-refractivity contribution < 1.29 is 14.2 Å². The second-order valence-electron chi connectivity index (χ2n) is 10.3. The van der Waals surface area contributed by atoms with E-state index in [4.69, 9.17) is 15.5 Å². The SMILES string of the molecule is N[C@]1(c2ccc(-c3nc4n(c3-c3ccccc3)COc3cccc(F)c3-4)cc2)C[C@](O)(C2CC2)C1. The van der Waals surface area contributed by atoms with Gasteiger partial charge in [-0.25, -0.2) is 9.37 Å². The summed E-state index contributed by atoms with van der Waals surface area (Å²) in [7, 11) is 0. The molecule has 0 spiro atoms. The van der Waals surface area contributed by atoms with Crippen LogP contribution in [0.3, 0.4) is 0 Å². The number of hydrogen-bond donors (Lipinski definition) is 2. The summed E-state index contributed by atoms with van der Waals surface area (Å²) < 4.78 is 22.7. The molecule has 1 aromatic heterocycles. The zero-order valence-corrected chi connectivity index (χ0v) is 19.2. The third-order valence-corrected chi connectivity index (χ3v) is 7.88. The van der Waals surface area contributed by atoms with Crippen molar-refractivity contribution in [1.82, 2.24) is 9.55 Å².